The summed E-state index contributed by atoms with van der Waals surface area (Å²) < 4.78 is 0.950. The molecule has 0 heterocycles. The van der Waals surface area contributed by atoms with E-state index in [9.17, 15) is 4.79 Å². The fourth-order valence-corrected chi connectivity index (χ4v) is 2.68. The highest BCUT2D eigenvalue weighted by atomic mass is 79.9. The molecule has 0 saturated heterocycles. The van der Waals surface area contributed by atoms with E-state index < -0.39 is 0 Å². The molecule has 0 fully saturated rings. The van der Waals surface area contributed by atoms with Crippen LogP contribution in [0.5, 0.6) is 0 Å². The average Bonchev–Trinajstić information content (AvgIpc) is 2.37. The van der Waals surface area contributed by atoms with Crippen molar-refractivity contribution in [1.29, 1.82) is 0 Å². The molecule has 0 aliphatic carbocycles. The van der Waals surface area contributed by atoms with Crippen LogP contribution in [-0.4, -0.2) is 13.0 Å². The Morgan fingerprint density at radius 2 is 1.80 bits per heavy atom. The zero-order valence-corrected chi connectivity index (χ0v) is 13.3. The second-order valence-corrected chi connectivity index (χ2v) is 5.69. The van der Waals surface area contributed by atoms with Gasteiger partial charge in [-0.15, -0.1) is 0 Å². The number of hydrogen-bond acceptors (Lipinski definition) is 2. The second-order valence-electron chi connectivity index (χ2n) is 4.77. The zero-order valence-electron chi connectivity index (χ0n) is 11.8. The lowest BCUT2D eigenvalue weighted by Crippen LogP contribution is -2.14. The van der Waals surface area contributed by atoms with Crippen LogP contribution in [0.1, 0.15) is 21.5 Å². The minimum Gasteiger partial charge on any atom is -0.387 e. The van der Waals surface area contributed by atoms with E-state index in [2.05, 4.69) is 26.6 Å². The fraction of sp³-hybridized carbons (Fsp3) is 0.188. The molecular weight excluding hydrogens is 316 g/mol. The predicted molar refractivity (Wildman–Crippen MR) is 87.6 cm³/mol. The van der Waals surface area contributed by atoms with E-state index in [0.29, 0.717) is 5.56 Å². The van der Waals surface area contributed by atoms with Crippen molar-refractivity contribution < 1.29 is 4.79 Å². The van der Waals surface area contributed by atoms with Gasteiger partial charge in [-0.1, -0.05) is 27.6 Å². The molecule has 2 aromatic rings. The number of nitrogens with one attached hydrogen (secondary N) is 2. The molecule has 0 atom stereocenters. The summed E-state index contributed by atoms with van der Waals surface area (Å²) in [6.07, 6.45) is 0. The molecule has 20 heavy (non-hydrogen) atoms. The standard InChI is InChI=1S/C16H17BrN2O/c1-10-4-5-15(18-3)14(8-10)16(20)19-13-7-11(2)6-12(17)9-13/h4-9,18H,1-3H3,(H,19,20). The van der Waals surface area contributed by atoms with E-state index in [-0.39, 0.29) is 5.91 Å². The highest BCUT2D eigenvalue weighted by molar-refractivity contribution is 9.10. The number of amides is 1. The van der Waals surface area contributed by atoms with E-state index >= 15 is 0 Å². The van der Waals surface area contributed by atoms with Gasteiger partial charge in [-0.05, 0) is 49.7 Å². The smallest absolute Gasteiger partial charge is 0.257 e. The molecule has 0 spiro atoms. The number of benzene rings is 2. The first kappa shape index (κ1) is 14.6. The molecule has 2 rings (SSSR count). The third kappa shape index (κ3) is 3.39. The summed E-state index contributed by atoms with van der Waals surface area (Å²) in [6, 6.07) is 11.6. The highest BCUT2D eigenvalue weighted by Crippen LogP contribution is 2.22. The topological polar surface area (TPSA) is 41.1 Å². The minimum atomic E-state index is -0.115. The lowest BCUT2D eigenvalue weighted by molar-refractivity contribution is 0.102. The Morgan fingerprint density at radius 3 is 2.45 bits per heavy atom. The Kier molecular flexibility index (Phi) is 4.45. The molecule has 0 saturated carbocycles. The molecule has 0 aliphatic heterocycles. The zero-order chi connectivity index (χ0) is 14.7. The van der Waals surface area contributed by atoms with Crippen LogP contribution >= 0.6 is 15.9 Å². The molecule has 1 amide bonds. The Bertz CT molecular complexity index is 633. The monoisotopic (exact) mass is 332 g/mol. The van der Waals surface area contributed by atoms with Crippen molar-refractivity contribution in [1.82, 2.24) is 0 Å². The largest absolute Gasteiger partial charge is 0.387 e. The summed E-state index contributed by atoms with van der Waals surface area (Å²) in [5.41, 5.74) is 4.39. The number of anilines is 2. The lowest BCUT2D eigenvalue weighted by atomic mass is 10.1. The number of aryl methyl sites for hydroxylation is 2. The second kappa shape index (κ2) is 6.09. The number of rotatable bonds is 3. The van der Waals surface area contributed by atoms with Crippen molar-refractivity contribution in [3.05, 3.63) is 57.6 Å². The van der Waals surface area contributed by atoms with Gasteiger partial charge in [0, 0.05) is 22.9 Å². The molecule has 0 aromatic heterocycles. The summed E-state index contributed by atoms with van der Waals surface area (Å²) in [7, 11) is 1.81. The Morgan fingerprint density at radius 1 is 1.05 bits per heavy atom. The summed E-state index contributed by atoms with van der Waals surface area (Å²) in [6.45, 7) is 3.96. The number of carbonyl (C=O) groups excluding carboxylic acids is 1. The van der Waals surface area contributed by atoms with Crippen LogP contribution in [0.4, 0.5) is 11.4 Å². The maximum Gasteiger partial charge on any atom is 0.257 e. The molecule has 2 N–H and O–H groups in total. The van der Waals surface area contributed by atoms with E-state index in [1.807, 2.05) is 57.3 Å². The van der Waals surface area contributed by atoms with Gasteiger partial charge in [0.1, 0.15) is 0 Å². The molecule has 4 heteroatoms. The Balaban J connectivity index is 2.30. The molecule has 3 nitrogen and oxygen atoms in total. The summed E-state index contributed by atoms with van der Waals surface area (Å²) in [4.78, 5) is 12.4. The molecular formula is C16H17BrN2O. The SMILES string of the molecule is CNc1ccc(C)cc1C(=O)Nc1cc(C)cc(Br)c1. The van der Waals surface area contributed by atoms with Crippen LogP contribution in [0.2, 0.25) is 0 Å². The Hall–Kier alpha value is -1.81. The number of hydrogen-bond donors (Lipinski definition) is 2. The van der Waals surface area contributed by atoms with Crippen molar-refractivity contribution in [2.24, 2.45) is 0 Å². The van der Waals surface area contributed by atoms with E-state index in [4.69, 9.17) is 0 Å². The van der Waals surface area contributed by atoms with Crippen LogP contribution in [0, 0.1) is 13.8 Å². The van der Waals surface area contributed by atoms with Gasteiger partial charge >= 0.3 is 0 Å². The third-order valence-corrected chi connectivity index (χ3v) is 3.45. The average molecular weight is 333 g/mol. The molecule has 0 bridgehead atoms. The molecule has 104 valence electrons. The first-order valence-electron chi connectivity index (χ1n) is 6.36. The maximum atomic E-state index is 12.4. The van der Waals surface area contributed by atoms with Gasteiger partial charge in [-0.3, -0.25) is 4.79 Å². The molecule has 0 unspecified atom stereocenters. The normalized spacial score (nSPS) is 10.2. The van der Waals surface area contributed by atoms with Crippen LogP contribution in [0.3, 0.4) is 0 Å². The highest BCUT2D eigenvalue weighted by Gasteiger charge is 2.11. The summed E-state index contributed by atoms with van der Waals surface area (Å²) >= 11 is 3.44. The first-order chi connectivity index (χ1) is 9.49. The number of carbonyl (C=O) groups is 1. The van der Waals surface area contributed by atoms with Gasteiger partial charge in [0.2, 0.25) is 0 Å². The summed E-state index contributed by atoms with van der Waals surface area (Å²) in [5, 5.41) is 5.98. The van der Waals surface area contributed by atoms with Crippen molar-refractivity contribution in [3.63, 3.8) is 0 Å². The van der Waals surface area contributed by atoms with Gasteiger partial charge in [0.05, 0.1) is 5.56 Å². The van der Waals surface area contributed by atoms with Crippen LogP contribution in [0.25, 0.3) is 0 Å². The molecule has 0 aliphatic rings. The maximum absolute atomic E-state index is 12.4. The molecule has 0 radical (unpaired) electrons. The quantitative estimate of drug-likeness (QED) is 0.876. The van der Waals surface area contributed by atoms with E-state index in [1.54, 1.807) is 0 Å². The van der Waals surface area contributed by atoms with Gasteiger partial charge in [0.15, 0.2) is 0 Å². The van der Waals surface area contributed by atoms with Crippen LogP contribution in [-0.2, 0) is 0 Å². The van der Waals surface area contributed by atoms with Crippen molar-refractivity contribution >= 4 is 33.2 Å². The molecule has 2 aromatic carbocycles. The first-order valence-corrected chi connectivity index (χ1v) is 7.16. The van der Waals surface area contributed by atoms with Crippen molar-refractivity contribution in [3.8, 4) is 0 Å². The van der Waals surface area contributed by atoms with Crippen LogP contribution < -0.4 is 10.6 Å². The van der Waals surface area contributed by atoms with Gasteiger partial charge < -0.3 is 10.6 Å². The number of halogens is 1. The summed E-state index contributed by atoms with van der Waals surface area (Å²) in [5.74, 6) is -0.115. The van der Waals surface area contributed by atoms with E-state index in [1.165, 1.54) is 0 Å². The van der Waals surface area contributed by atoms with Crippen molar-refractivity contribution in [2.75, 3.05) is 17.7 Å². The van der Waals surface area contributed by atoms with Gasteiger partial charge in [0.25, 0.3) is 5.91 Å². The van der Waals surface area contributed by atoms with E-state index in [0.717, 1.165) is 27.0 Å². The Labute approximate surface area is 127 Å². The minimum absolute atomic E-state index is 0.115. The van der Waals surface area contributed by atoms with Gasteiger partial charge in [-0.2, -0.15) is 0 Å². The van der Waals surface area contributed by atoms with Crippen molar-refractivity contribution in [2.45, 2.75) is 13.8 Å². The van der Waals surface area contributed by atoms with Gasteiger partial charge in [-0.25, -0.2) is 0 Å². The lowest BCUT2D eigenvalue weighted by Gasteiger charge is -2.11. The third-order valence-electron chi connectivity index (χ3n) is 2.99. The predicted octanol–water partition coefficient (Wildman–Crippen LogP) is 4.36. The van der Waals surface area contributed by atoms with Crippen LogP contribution in [0.15, 0.2) is 40.9 Å². The fourth-order valence-electron chi connectivity index (χ4n) is 2.07.